The molecule has 0 spiro atoms. The standard InChI is InChI=1S/C23H28N6/c1-4-6-20-27-21-22(29(20)28-15(2)3)18-11-10-16(13-19(18)26-23(21)24)8-9-17-7-5-12-25-14-17/h5,7,10-15,28H,4,6,8-9H2,1-3H3,(H2,24,26). The number of imidazole rings is 1. The second-order valence-electron chi connectivity index (χ2n) is 7.80. The lowest BCUT2D eigenvalue weighted by Gasteiger charge is -2.16. The number of nitrogens with two attached hydrogens (primary N) is 1. The van der Waals surface area contributed by atoms with Crippen LogP contribution in [0.3, 0.4) is 0 Å². The van der Waals surface area contributed by atoms with Crippen LogP contribution in [0.4, 0.5) is 5.82 Å². The van der Waals surface area contributed by atoms with Gasteiger partial charge in [0, 0.05) is 30.2 Å². The monoisotopic (exact) mass is 388 g/mol. The van der Waals surface area contributed by atoms with Crippen LogP contribution in [0.2, 0.25) is 0 Å². The van der Waals surface area contributed by atoms with Crippen molar-refractivity contribution in [2.75, 3.05) is 11.2 Å². The zero-order valence-corrected chi connectivity index (χ0v) is 17.3. The van der Waals surface area contributed by atoms with Crippen molar-refractivity contribution in [1.82, 2.24) is 19.6 Å². The molecule has 0 saturated carbocycles. The second-order valence-corrected chi connectivity index (χ2v) is 7.80. The van der Waals surface area contributed by atoms with Crippen LogP contribution >= 0.6 is 0 Å². The first-order valence-corrected chi connectivity index (χ1v) is 10.3. The van der Waals surface area contributed by atoms with E-state index in [0.29, 0.717) is 5.82 Å². The zero-order chi connectivity index (χ0) is 20.4. The Bertz CT molecular complexity index is 1130. The SMILES string of the molecule is CCCc1nc2c(N)nc3cc(CCc4cccnc4)ccc3c2n1NC(C)C. The number of aromatic nitrogens is 4. The Morgan fingerprint density at radius 1 is 1.07 bits per heavy atom. The van der Waals surface area contributed by atoms with E-state index >= 15 is 0 Å². The predicted molar refractivity (Wildman–Crippen MR) is 120 cm³/mol. The van der Waals surface area contributed by atoms with Crippen molar-refractivity contribution in [3.63, 3.8) is 0 Å². The fourth-order valence-electron chi connectivity index (χ4n) is 3.73. The van der Waals surface area contributed by atoms with Crippen molar-refractivity contribution in [2.24, 2.45) is 0 Å². The highest BCUT2D eigenvalue weighted by Gasteiger charge is 2.17. The maximum Gasteiger partial charge on any atom is 0.152 e. The molecule has 6 nitrogen and oxygen atoms in total. The molecule has 1 aromatic carbocycles. The molecule has 0 aliphatic carbocycles. The lowest BCUT2D eigenvalue weighted by Crippen LogP contribution is -2.24. The molecule has 150 valence electrons. The van der Waals surface area contributed by atoms with Gasteiger partial charge in [0.15, 0.2) is 5.82 Å². The fourth-order valence-corrected chi connectivity index (χ4v) is 3.73. The van der Waals surface area contributed by atoms with E-state index in [4.69, 9.17) is 10.7 Å². The molecule has 0 aliphatic rings. The van der Waals surface area contributed by atoms with Gasteiger partial charge in [-0.3, -0.25) is 4.98 Å². The van der Waals surface area contributed by atoms with E-state index < -0.39 is 0 Å². The number of nitrogen functional groups attached to an aromatic ring is 1. The first kappa shape index (κ1) is 19.2. The average Bonchev–Trinajstić information content (AvgIpc) is 3.06. The van der Waals surface area contributed by atoms with Gasteiger partial charge in [0.1, 0.15) is 16.9 Å². The Kier molecular flexibility index (Phi) is 5.34. The molecule has 0 radical (unpaired) electrons. The lowest BCUT2D eigenvalue weighted by molar-refractivity contribution is 0.699. The summed E-state index contributed by atoms with van der Waals surface area (Å²) in [4.78, 5) is 13.7. The largest absolute Gasteiger partial charge is 0.382 e. The number of hydrogen-bond donors (Lipinski definition) is 2. The third-order valence-electron chi connectivity index (χ3n) is 5.03. The van der Waals surface area contributed by atoms with Gasteiger partial charge in [0.25, 0.3) is 0 Å². The van der Waals surface area contributed by atoms with Crippen molar-refractivity contribution in [3.8, 4) is 0 Å². The van der Waals surface area contributed by atoms with Crippen LogP contribution in [0.15, 0.2) is 42.7 Å². The molecule has 0 unspecified atom stereocenters. The van der Waals surface area contributed by atoms with Crippen LogP contribution in [0.25, 0.3) is 21.9 Å². The third kappa shape index (κ3) is 3.88. The molecular weight excluding hydrogens is 360 g/mol. The number of nitrogens with one attached hydrogen (secondary N) is 1. The number of anilines is 1. The van der Waals surface area contributed by atoms with Gasteiger partial charge >= 0.3 is 0 Å². The van der Waals surface area contributed by atoms with Crippen molar-refractivity contribution in [3.05, 3.63) is 59.7 Å². The van der Waals surface area contributed by atoms with Crippen molar-refractivity contribution < 1.29 is 0 Å². The summed E-state index contributed by atoms with van der Waals surface area (Å²) in [5.74, 6) is 1.48. The highest BCUT2D eigenvalue weighted by atomic mass is 15.4. The number of nitrogens with zero attached hydrogens (tertiary/aromatic N) is 4. The van der Waals surface area contributed by atoms with Gasteiger partial charge in [-0.15, -0.1) is 0 Å². The summed E-state index contributed by atoms with van der Waals surface area (Å²) >= 11 is 0. The topological polar surface area (TPSA) is 81.7 Å². The molecule has 0 amide bonds. The van der Waals surface area contributed by atoms with E-state index in [9.17, 15) is 0 Å². The Labute approximate surface area is 171 Å². The summed E-state index contributed by atoms with van der Waals surface area (Å²) in [6, 6.07) is 10.9. The molecule has 0 bridgehead atoms. The van der Waals surface area contributed by atoms with E-state index in [2.05, 4.69) is 65.1 Å². The molecule has 3 heterocycles. The minimum Gasteiger partial charge on any atom is -0.382 e. The first-order chi connectivity index (χ1) is 14.1. The quantitative estimate of drug-likeness (QED) is 0.495. The van der Waals surface area contributed by atoms with Crippen LogP contribution in [0, 0.1) is 0 Å². The van der Waals surface area contributed by atoms with Crippen LogP contribution in [-0.4, -0.2) is 25.7 Å². The van der Waals surface area contributed by atoms with Crippen LogP contribution in [0.1, 0.15) is 44.1 Å². The van der Waals surface area contributed by atoms with E-state index in [1.54, 1.807) is 6.20 Å². The number of hydrogen-bond acceptors (Lipinski definition) is 5. The smallest absolute Gasteiger partial charge is 0.152 e. The van der Waals surface area contributed by atoms with E-state index in [-0.39, 0.29) is 6.04 Å². The summed E-state index contributed by atoms with van der Waals surface area (Å²) in [5.41, 5.74) is 15.0. The average molecular weight is 389 g/mol. The van der Waals surface area contributed by atoms with E-state index in [1.165, 1.54) is 11.1 Å². The predicted octanol–water partition coefficient (Wildman–Crippen LogP) is 4.25. The van der Waals surface area contributed by atoms with Gasteiger partial charge in [-0.05, 0) is 56.4 Å². The maximum absolute atomic E-state index is 6.32. The Morgan fingerprint density at radius 2 is 1.90 bits per heavy atom. The van der Waals surface area contributed by atoms with Crippen molar-refractivity contribution >= 4 is 27.8 Å². The van der Waals surface area contributed by atoms with E-state index in [1.807, 2.05) is 12.3 Å². The third-order valence-corrected chi connectivity index (χ3v) is 5.03. The minimum absolute atomic E-state index is 0.284. The van der Waals surface area contributed by atoms with Gasteiger partial charge in [-0.1, -0.05) is 25.1 Å². The van der Waals surface area contributed by atoms with Crippen molar-refractivity contribution in [2.45, 2.75) is 52.5 Å². The van der Waals surface area contributed by atoms with Crippen LogP contribution in [0.5, 0.6) is 0 Å². The molecule has 3 aromatic heterocycles. The molecule has 0 aliphatic heterocycles. The number of pyridine rings is 2. The Morgan fingerprint density at radius 3 is 2.62 bits per heavy atom. The molecule has 4 aromatic rings. The zero-order valence-electron chi connectivity index (χ0n) is 17.3. The molecule has 3 N–H and O–H groups in total. The number of fused-ring (bicyclic) bond motifs is 3. The highest BCUT2D eigenvalue weighted by molar-refractivity contribution is 6.06. The highest BCUT2D eigenvalue weighted by Crippen LogP contribution is 2.29. The van der Waals surface area contributed by atoms with Crippen LogP contribution < -0.4 is 11.2 Å². The molecule has 6 heteroatoms. The number of aryl methyl sites for hydroxylation is 3. The van der Waals surface area contributed by atoms with Crippen LogP contribution in [-0.2, 0) is 19.3 Å². The summed E-state index contributed by atoms with van der Waals surface area (Å²) in [7, 11) is 0. The molecule has 0 saturated heterocycles. The Hall–Kier alpha value is -3.15. The lowest BCUT2D eigenvalue weighted by atomic mass is 10.0. The molecular formula is C23H28N6. The van der Waals surface area contributed by atoms with Gasteiger partial charge in [-0.2, -0.15) is 0 Å². The van der Waals surface area contributed by atoms with Gasteiger partial charge < -0.3 is 11.2 Å². The van der Waals surface area contributed by atoms with E-state index in [0.717, 1.165) is 53.4 Å². The normalized spacial score (nSPS) is 11.6. The number of benzene rings is 1. The first-order valence-electron chi connectivity index (χ1n) is 10.3. The number of rotatable bonds is 7. The molecule has 29 heavy (non-hydrogen) atoms. The summed E-state index contributed by atoms with van der Waals surface area (Å²) < 4.78 is 2.11. The minimum atomic E-state index is 0.284. The molecule has 0 fully saturated rings. The second kappa shape index (κ2) is 8.07. The summed E-state index contributed by atoms with van der Waals surface area (Å²) in [5, 5.41) is 1.07. The Balaban J connectivity index is 1.78. The summed E-state index contributed by atoms with van der Waals surface area (Å²) in [6.45, 7) is 6.42. The van der Waals surface area contributed by atoms with Gasteiger partial charge in [0.05, 0.1) is 5.52 Å². The fraction of sp³-hybridized carbons (Fsp3) is 0.348. The van der Waals surface area contributed by atoms with Gasteiger partial charge in [0.2, 0.25) is 0 Å². The maximum atomic E-state index is 6.32. The van der Waals surface area contributed by atoms with Crippen molar-refractivity contribution in [1.29, 1.82) is 0 Å². The molecule has 0 atom stereocenters. The molecule has 4 rings (SSSR count). The summed E-state index contributed by atoms with van der Waals surface area (Å²) in [6.07, 6.45) is 7.52. The van der Waals surface area contributed by atoms with Gasteiger partial charge in [-0.25, -0.2) is 14.6 Å².